The van der Waals surface area contributed by atoms with E-state index in [4.69, 9.17) is 14.6 Å². The maximum Gasteiger partial charge on any atom is 0.126 e. The van der Waals surface area contributed by atoms with Gasteiger partial charge in [-0.1, -0.05) is 13.0 Å². The predicted octanol–water partition coefficient (Wildman–Crippen LogP) is 1.80. The average Bonchev–Trinajstić information content (AvgIpc) is 2.26. The van der Waals surface area contributed by atoms with Crippen molar-refractivity contribution in [2.24, 2.45) is 0 Å². The first-order valence-electron chi connectivity index (χ1n) is 4.56. The summed E-state index contributed by atoms with van der Waals surface area (Å²) in [6.07, 6.45) is 0. The number of hydrogen-bond acceptors (Lipinski definition) is 3. The zero-order valence-electron chi connectivity index (χ0n) is 8.78. The highest BCUT2D eigenvalue weighted by molar-refractivity contribution is 5.46. The molecule has 0 aliphatic heterocycles. The molecule has 1 aromatic rings. The zero-order chi connectivity index (χ0) is 10.6. The van der Waals surface area contributed by atoms with Gasteiger partial charge in [-0.15, -0.1) is 0 Å². The molecule has 1 aromatic carbocycles. The van der Waals surface area contributed by atoms with E-state index in [0.29, 0.717) is 0 Å². The van der Waals surface area contributed by atoms with E-state index in [0.717, 1.165) is 17.1 Å². The van der Waals surface area contributed by atoms with Gasteiger partial charge in [-0.05, 0) is 12.1 Å². The summed E-state index contributed by atoms with van der Waals surface area (Å²) in [6, 6.07) is 5.60. The molecule has 3 heteroatoms. The highest BCUT2D eigenvalue weighted by atomic mass is 16.5. The lowest BCUT2D eigenvalue weighted by Gasteiger charge is -2.16. The van der Waals surface area contributed by atoms with E-state index in [1.807, 2.05) is 25.1 Å². The molecular weight excluding hydrogens is 180 g/mol. The molecule has 0 saturated carbocycles. The van der Waals surface area contributed by atoms with Gasteiger partial charge in [0.05, 0.1) is 14.2 Å². The van der Waals surface area contributed by atoms with E-state index < -0.39 is 0 Å². The normalized spacial score (nSPS) is 12.3. The van der Waals surface area contributed by atoms with Crippen LogP contribution in [0.3, 0.4) is 0 Å². The van der Waals surface area contributed by atoms with Gasteiger partial charge in [0, 0.05) is 18.1 Å². The predicted molar refractivity (Wildman–Crippen MR) is 55.0 cm³/mol. The highest BCUT2D eigenvalue weighted by Crippen LogP contribution is 2.34. The number of aliphatic hydroxyl groups is 1. The minimum Gasteiger partial charge on any atom is -0.496 e. The maximum absolute atomic E-state index is 9.12. The van der Waals surface area contributed by atoms with Crippen LogP contribution >= 0.6 is 0 Å². The molecule has 0 aromatic heterocycles. The standard InChI is InChI=1S/C11H16O3/c1-8(7-12)11-9(13-2)5-4-6-10(11)14-3/h4-6,8,12H,7H2,1-3H3/t8-/m0/s1. The summed E-state index contributed by atoms with van der Waals surface area (Å²) in [4.78, 5) is 0. The fourth-order valence-corrected chi connectivity index (χ4v) is 1.46. The molecule has 1 atom stereocenters. The Kier molecular flexibility index (Phi) is 3.77. The number of rotatable bonds is 4. The first-order valence-corrected chi connectivity index (χ1v) is 4.56. The average molecular weight is 196 g/mol. The Hall–Kier alpha value is -1.22. The van der Waals surface area contributed by atoms with Crippen LogP contribution in [0, 0.1) is 0 Å². The molecule has 1 rings (SSSR count). The summed E-state index contributed by atoms with van der Waals surface area (Å²) in [6.45, 7) is 2.01. The highest BCUT2D eigenvalue weighted by Gasteiger charge is 2.15. The number of ether oxygens (including phenoxy) is 2. The van der Waals surface area contributed by atoms with Crippen LogP contribution in [0.4, 0.5) is 0 Å². The number of aliphatic hydroxyl groups excluding tert-OH is 1. The Morgan fingerprint density at radius 3 is 2.07 bits per heavy atom. The van der Waals surface area contributed by atoms with Gasteiger partial charge >= 0.3 is 0 Å². The minimum atomic E-state index is 0.0149. The van der Waals surface area contributed by atoms with Gasteiger partial charge in [-0.2, -0.15) is 0 Å². The van der Waals surface area contributed by atoms with Gasteiger partial charge in [0.1, 0.15) is 11.5 Å². The zero-order valence-corrected chi connectivity index (χ0v) is 8.78. The van der Waals surface area contributed by atoms with Crippen LogP contribution in [-0.2, 0) is 0 Å². The third-order valence-electron chi connectivity index (χ3n) is 2.23. The molecule has 0 amide bonds. The molecule has 0 saturated heterocycles. The Bertz CT molecular complexity index is 274. The van der Waals surface area contributed by atoms with E-state index in [2.05, 4.69) is 0 Å². The number of methoxy groups -OCH3 is 2. The second-order valence-corrected chi connectivity index (χ2v) is 3.16. The van der Waals surface area contributed by atoms with Gasteiger partial charge in [-0.25, -0.2) is 0 Å². The number of benzene rings is 1. The molecule has 14 heavy (non-hydrogen) atoms. The second-order valence-electron chi connectivity index (χ2n) is 3.16. The Morgan fingerprint density at radius 2 is 1.71 bits per heavy atom. The summed E-state index contributed by atoms with van der Waals surface area (Å²) in [5, 5.41) is 9.12. The van der Waals surface area contributed by atoms with Crippen LogP contribution in [0.25, 0.3) is 0 Å². The molecule has 0 aliphatic carbocycles. The fraction of sp³-hybridized carbons (Fsp3) is 0.455. The van der Waals surface area contributed by atoms with Crippen molar-refractivity contribution < 1.29 is 14.6 Å². The van der Waals surface area contributed by atoms with Crippen molar-refractivity contribution in [1.29, 1.82) is 0 Å². The van der Waals surface area contributed by atoms with Crippen molar-refractivity contribution in [3.8, 4) is 11.5 Å². The smallest absolute Gasteiger partial charge is 0.126 e. The first kappa shape index (κ1) is 10.9. The molecule has 0 radical (unpaired) electrons. The first-order chi connectivity index (χ1) is 6.74. The van der Waals surface area contributed by atoms with Crippen LogP contribution < -0.4 is 9.47 Å². The molecule has 0 fully saturated rings. The van der Waals surface area contributed by atoms with Gasteiger partial charge in [0.15, 0.2) is 0 Å². The van der Waals surface area contributed by atoms with Gasteiger partial charge in [0.2, 0.25) is 0 Å². The van der Waals surface area contributed by atoms with Crippen LogP contribution in [0.2, 0.25) is 0 Å². The monoisotopic (exact) mass is 196 g/mol. The molecule has 0 spiro atoms. The Morgan fingerprint density at radius 1 is 1.21 bits per heavy atom. The Labute approximate surface area is 84.3 Å². The lowest BCUT2D eigenvalue weighted by atomic mass is 10.00. The van der Waals surface area contributed by atoms with Crippen molar-refractivity contribution in [3.63, 3.8) is 0 Å². The van der Waals surface area contributed by atoms with E-state index in [9.17, 15) is 0 Å². The molecule has 1 N–H and O–H groups in total. The van der Waals surface area contributed by atoms with Crippen LogP contribution in [-0.4, -0.2) is 25.9 Å². The molecule has 3 nitrogen and oxygen atoms in total. The van der Waals surface area contributed by atoms with Crippen molar-refractivity contribution in [3.05, 3.63) is 23.8 Å². The third-order valence-corrected chi connectivity index (χ3v) is 2.23. The van der Waals surface area contributed by atoms with E-state index in [-0.39, 0.29) is 12.5 Å². The summed E-state index contributed by atoms with van der Waals surface area (Å²) in [7, 11) is 3.23. The molecular formula is C11H16O3. The fourth-order valence-electron chi connectivity index (χ4n) is 1.46. The van der Waals surface area contributed by atoms with Crippen LogP contribution in [0.5, 0.6) is 11.5 Å². The van der Waals surface area contributed by atoms with Crippen molar-refractivity contribution >= 4 is 0 Å². The lowest BCUT2D eigenvalue weighted by molar-refractivity contribution is 0.265. The van der Waals surface area contributed by atoms with Crippen molar-refractivity contribution in [2.75, 3.05) is 20.8 Å². The second kappa shape index (κ2) is 4.86. The van der Waals surface area contributed by atoms with Crippen molar-refractivity contribution in [2.45, 2.75) is 12.8 Å². The molecule has 0 heterocycles. The maximum atomic E-state index is 9.12. The lowest BCUT2D eigenvalue weighted by Crippen LogP contribution is -2.04. The minimum absolute atomic E-state index is 0.0149. The summed E-state index contributed by atoms with van der Waals surface area (Å²) in [5.41, 5.74) is 0.917. The molecule has 0 aliphatic rings. The number of hydrogen-bond donors (Lipinski definition) is 1. The van der Waals surface area contributed by atoms with Gasteiger partial charge in [0.25, 0.3) is 0 Å². The summed E-state index contributed by atoms with van der Waals surface area (Å²) >= 11 is 0. The topological polar surface area (TPSA) is 38.7 Å². The summed E-state index contributed by atoms with van der Waals surface area (Å²) < 4.78 is 10.4. The third kappa shape index (κ3) is 1.99. The van der Waals surface area contributed by atoms with E-state index in [1.165, 1.54) is 0 Å². The largest absolute Gasteiger partial charge is 0.496 e. The van der Waals surface area contributed by atoms with E-state index >= 15 is 0 Å². The van der Waals surface area contributed by atoms with Crippen molar-refractivity contribution in [1.82, 2.24) is 0 Å². The van der Waals surface area contributed by atoms with Crippen LogP contribution in [0.1, 0.15) is 18.4 Å². The van der Waals surface area contributed by atoms with Gasteiger partial charge in [-0.3, -0.25) is 0 Å². The van der Waals surface area contributed by atoms with E-state index in [1.54, 1.807) is 14.2 Å². The van der Waals surface area contributed by atoms with Crippen LogP contribution in [0.15, 0.2) is 18.2 Å². The molecule has 0 unspecified atom stereocenters. The van der Waals surface area contributed by atoms with Gasteiger partial charge < -0.3 is 14.6 Å². The molecule has 0 bridgehead atoms. The Balaban J connectivity index is 3.18. The molecule has 78 valence electrons. The quantitative estimate of drug-likeness (QED) is 0.798. The SMILES string of the molecule is COc1cccc(OC)c1[C@@H](C)CO. The summed E-state index contributed by atoms with van der Waals surface area (Å²) in [5.74, 6) is 1.53.